The fourth-order valence-corrected chi connectivity index (χ4v) is 2.57. The minimum Gasteiger partial charge on any atom is -0.478 e. The molecule has 2 aromatic carbocycles. The standard InChI is InChI=1S/C15H12O2/c16-15(17)14-7-3-6-12-11-5-2-1-4-10(11)8-9-13(12)14/h1-7H,8-9H2,(H,16,17). The van der Waals surface area contributed by atoms with Crippen LogP contribution in [-0.4, -0.2) is 11.1 Å². The molecule has 0 amide bonds. The summed E-state index contributed by atoms with van der Waals surface area (Å²) < 4.78 is 0. The van der Waals surface area contributed by atoms with E-state index in [4.69, 9.17) is 0 Å². The third-order valence-electron chi connectivity index (χ3n) is 3.36. The van der Waals surface area contributed by atoms with Crippen LogP contribution in [-0.2, 0) is 12.8 Å². The van der Waals surface area contributed by atoms with Crippen molar-refractivity contribution < 1.29 is 9.90 Å². The SMILES string of the molecule is O=C(O)c1cccc2c1CCc1ccccc1-2. The van der Waals surface area contributed by atoms with Gasteiger partial charge in [-0.2, -0.15) is 0 Å². The van der Waals surface area contributed by atoms with Crippen LogP contribution in [0.4, 0.5) is 0 Å². The molecule has 0 fully saturated rings. The van der Waals surface area contributed by atoms with Crippen LogP contribution in [0.5, 0.6) is 0 Å². The highest BCUT2D eigenvalue weighted by molar-refractivity contribution is 5.93. The largest absolute Gasteiger partial charge is 0.478 e. The summed E-state index contributed by atoms with van der Waals surface area (Å²) in [5.41, 5.74) is 4.97. The Bertz CT molecular complexity index is 600. The van der Waals surface area contributed by atoms with Gasteiger partial charge >= 0.3 is 5.97 Å². The summed E-state index contributed by atoms with van der Waals surface area (Å²) >= 11 is 0. The lowest BCUT2D eigenvalue weighted by atomic mass is 9.83. The van der Waals surface area contributed by atoms with Gasteiger partial charge in [0, 0.05) is 0 Å². The minimum absolute atomic E-state index is 0.442. The summed E-state index contributed by atoms with van der Waals surface area (Å²) in [6.07, 6.45) is 1.74. The fourth-order valence-electron chi connectivity index (χ4n) is 2.57. The summed E-state index contributed by atoms with van der Waals surface area (Å²) in [7, 11) is 0. The van der Waals surface area contributed by atoms with E-state index in [1.54, 1.807) is 6.07 Å². The molecular formula is C15H12O2. The first-order valence-electron chi connectivity index (χ1n) is 5.71. The molecule has 0 unspecified atom stereocenters. The van der Waals surface area contributed by atoms with Crippen LogP contribution in [0.25, 0.3) is 11.1 Å². The molecule has 0 heterocycles. The molecule has 0 spiro atoms. The molecular weight excluding hydrogens is 212 g/mol. The van der Waals surface area contributed by atoms with Gasteiger partial charge in [0.15, 0.2) is 0 Å². The van der Waals surface area contributed by atoms with Gasteiger partial charge in [-0.15, -0.1) is 0 Å². The van der Waals surface area contributed by atoms with Crippen molar-refractivity contribution >= 4 is 5.97 Å². The zero-order chi connectivity index (χ0) is 11.8. The smallest absolute Gasteiger partial charge is 0.335 e. The Morgan fingerprint density at radius 1 is 0.941 bits per heavy atom. The molecule has 17 heavy (non-hydrogen) atoms. The Labute approximate surface area is 99.5 Å². The molecule has 1 N–H and O–H groups in total. The maximum atomic E-state index is 11.2. The van der Waals surface area contributed by atoms with E-state index >= 15 is 0 Å². The number of carbonyl (C=O) groups is 1. The van der Waals surface area contributed by atoms with Crippen molar-refractivity contribution in [2.45, 2.75) is 12.8 Å². The lowest BCUT2D eigenvalue weighted by molar-refractivity contribution is 0.0695. The average Bonchev–Trinajstić information content (AvgIpc) is 2.37. The lowest BCUT2D eigenvalue weighted by Gasteiger charge is -2.21. The van der Waals surface area contributed by atoms with Gasteiger partial charge < -0.3 is 5.11 Å². The van der Waals surface area contributed by atoms with Crippen LogP contribution in [0, 0.1) is 0 Å². The third kappa shape index (κ3) is 1.53. The number of benzene rings is 2. The zero-order valence-electron chi connectivity index (χ0n) is 9.31. The van der Waals surface area contributed by atoms with Gasteiger partial charge in [0.2, 0.25) is 0 Å². The molecule has 2 aromatic rings. The van der Waals surface area contributed by atoms with E-state index in [1.165, 1.54) is 11.1 Å². The number of hydrogen-bond acceptors (Lipinski definition) is 1. The lowest BCUT2D eigenvalue weighted by Crippen LogP contribution is -2.10. The first-order chi connectivity index (χ1) is 8.27. The maximum absolute atomic E-state index is 11.2. The predicted molar refractivity (Wildman–Crippen MR) is 66.2 cm³/mol. The second kappa shape index (κ2) is 3.74. The molecule has 0 saturated carbocycles. The van der Waals surface area contributed by atoms with Crippen molar-refractivity contribution in [3.05, 3.63) is 59.2 Å². The Hall–Kier alpha value is -2.09. The molecule has 1 aliphatic rings. The average molecular weight is 224 g/mol. The topological polar surface area (TPSA) is 37.3 Å². The molecule has 0 atom stereocenters. The molecule has 2 nitrogen and oxygen atoms in total. The van der Waals surface area contributed by atoms with E-state index in [0.29, 0.717) is 5.56 Å². The van der Waals surface area contributed by atoms with Gasteiger partial charge in [-0.25, -0.2) is 4.79 Å². The number of carboxylic acids is 1. The van der Waals surface area contributed by atoms with Crippen molar-refractivity contribution in [2.75, 3.05) is 0 Å². The number of hydrogen-bond donors (Lipinski definition) is 1. The Balaban J connectivity index is 2.27. The summed E-state index contributed by atoms with van der Waals surface area (Å²) in [4.78, 5) is 11.2. The summed E-state index contributed by atoms with van der Waals surface area (Å²) in [5.74, 6) is -0.832. The predicted octanol–water partition coefficient (Wildman–Crippen LogP) is 3.15. The van der Waals surface area contributed by atoms with Crippen LogP contribution >= 0.6 is 0 Å². The highest BCUT2D eigenvalue weighted by Crippen LogP contribution is 2.34. The molecule has 84 valence electrons. The summed E-state index contributed by atoms with van der Waals surface area (Å²) in [5, 5.41) is 9.19. The molecule has 1 aliphatic carbocycles. The van der Waals surface area contributed by atoms with Gasteiger partial charge in [-0.05, 0) is 41.2 Å². The van der Waals surface area contributed by atoms with E-state index < -0.39 is 5.97 Å². The van der Waals surface area contributed by atoms with Crippen LogP contribution in [0.3, 0.4) is 0 Å². The second-order valence-corrected chi connectivity index (χ2v) is 4.29. The number of carboxylic acid groups (broad SMARTS) is 1. The Kier molecular flexibility index (Phi) is 2.22. The van der Waals surface area contributed by atoms with Crippen LogP contribution in [0.15, 0.2) is 42.5 Å². The highest BCUT2D eigenvalue weighted by Gasteiger charge is 2.20. The van der Waals surface area contributed by atoms with E-state index in [2.05, 4.69) is 12.1 Å². The molecule has 0 aromatic heterocycles. The summed E-state index contributed by atoms with van der Waals surface area (Å²) in [6, 6.07) is 13.7. The van der Waals surface area contributed by atoms with Crippen LogP contribution in [0.2, 0.25) is 0 Å². The van der Waals surface area contributed by atoms with Gasteiger partial charge in [0.05, 0.1) is 5.56 Å². The number of rotatable bonds is 1. The molecule has 0 saturated heterocycles. The maximum Gasteiger partial charge on any atom is 0.335 e. The Morgan fingerprint density at radius 3 is 2.53 bits per heavy atom. The Morgan fingerprint density at radius 2 is 1.71 bits per heavy atom. The number of fused-ring (bicyclic) bond motifs is 3. The van der Waals surface area contributed by atoms with Crippen LogP contribution < -0.4 is 0 Å². The zero-order valence-corrected chi connectivity index (χ0v) is 9.31. The molecule has 0 aliphatic heterocycles. The minimum atomic E-state index is -0.832. The van der Waals surface area contributed by atoms with E-state index in [9.17, 15) is 9.90 Å². The van der Waals surface area contributed by atoms with Crippen molar-refractivity contribution in [3.8, 4) is 11.1 Å². The first-order valence-corrected chi connectivity index (χ1v) is 5.71. The molecule has 0 radical (unpaired) electrons. The van der Waals surface area contributed by atoms with E-state index in [0.717, 1.165) is 24.0 Å². The first kappa shape index (κ1) is 10.1. The normalized spacial score (nSPS) is 12.7. The highest BCUT2D eigenvalue weighted by atomic mass is 16.4. The summed E-state index contributed by atoms with van der Waals surface area (Å²) in [6.45, 7) is 0. The monoisotopic (exact) mass is 224 g/mol. The van der Waals surface area contributed by atoms with Crippen LogP contribution in [0.1, 0.15) is 21.5 Å². The quantitative estimate of drug-likeness (QED) is 0.807. The van der Waals surface area contributed by atoms with Gasteiger partial charge in [-0.1, -0.05) is 36.4 Å². The van der Waals surface area contributed by atoms with Gasteiger partial charge in [0.25, 0.3) is 0 Å². The molecule has 3 rings (SSSR count). The number of aryl methyl sites for hydroxylation is 1. The second-order valence-electron chi connectivity index (χ2n) is 4.29. The van der Waals surface area contributed by atoms with Crippen molar-refractivity contribution in [2.24, 2.45) is 0 Å². The van der Waals surface area contributed by atoms with Crippen molar-refractivity contribution in [1.82, 2.24) is 0 Å². The van der Waals surface area contributed by atoms with E-state index in [1.807, 2.05) is 24.3 Å². The molecule has 2 heteroatoms. The fraction of sp³-hybridized carbons (Fsp3) is 0.133. The number of aromatic carboxylic acids is 1. The van der Waals surface area contributed by atoms with Gasteiger partial charge in [-0.3, -0.25) is 0 Å². The third-order valence-corrected chi connectivity index (χ3v) is 3.36. The van der Waals surface area contributed by atoms with Gasteiger partial charge in [0.1, 0.15) is 0 Å². The van der Waals surface area contributed by atoms with Crippen molar-refractivity contribution in [1.29, 1.82) is 0 Å². The van der Waals surface area contributed by atoms with E-state index in [-0.39, 0.29) is 0 Å². The van der Waals surface area contributed by atoms with Crippen molar-refractivity contribution in [3.63, 3.8) is 0 Å². The molecule has 0 bridgehead atoms.